The molecule has 1 aliphatic carbocycles. The first-order chi connectivity index (χ1) is 11.3. The fourth-order valence-corrected chi connectivity index (χ4v) is 2.96. The molecular weight excluding hydrogens is 298 g/mol. The van der Waals surface area contributed by atoms with Gasteiger partial charge in [0.1, 0.15) is 5.82 Å². The molecule has 24 heavy (non-hydrogen) atoms. The van der Waals surface area contributed by atoms with Gasteiger partial charge in [0.25, 0.3) is 0 Å². The third kappa shape index (κ3) is 6.98. The zero-order valence-electron chi connectivity index (χ0n) is 16.5. The van der Waals surface area contributed by atoms with Crippen LogP contribution in [0.2, 0.25) is 0 Å². The second-order valence-corrected chi connectivity index (χ2v) is 7.61. The highest BCUT2D eigenvalue weighted by Crippen LogP contribution is 2.34. The van der Waals surface area contributed by atoms with Gasteiger partial charge < -0.3 is 5.32 Å². The summed E-state index contributed by atoms with van der Waals surface area (Å²) in [4.78, 5) is 20.0. The zero-order chi connectivity index (χ0) is 18.2. The van der Waals surface area contributed by atoms with Gasteiger partial charge in [0.15, 0.2) is 0 Å². The Balaban J connectivity index is 0.000000413. The van der Waals surface area contributed by atoms with E-state index in [0.29, 0.717) is 12.0 Å². The second kappa shape index (κ2) is 9.75. The van der Waals surface area contributed by atoms with Crippen LogP contribution in [-0.4, -0.2) is 15.9 Å². The third-order valence-electron chi connectivity index (χ3n) is 4.49. The quantitative estimate of drug-likeness (QED) is 0.806. The number of hydrogen-bond donors (Lipinski definition) is 1. The van der Waals surface area contributed by atoms with Crippen molar-refractivity contribution in [2.45, 2.75) is 93.0 Å². The maximum atomic E-state index is 10.9. The van der Waals surface area contributed by atoms with Gasteiger partial charge in [0, 0.05) is 18.3 Å². The summed E-state index contributed by atoms with van der Waals surface area (Å²) in [5.74, 6) is 0.677. The van der Waals surface area contributed by atoms with Crippen molar-refractivity contribution < 1.29 is 4.79 Å². The fourth-order valence-electron chi connectivity index (χ4n) is 2.96. The molecule has 1 aliphatic rings. The maximum absolute atomic E-state index is 10.9. The highest BCUT2D eigenvalue weighted by atomic mass is 16.1. The van der Waals surface area contributed by atoms with Gasteiger partial charge in [-0.3, -0.25) is 4.79 Å². The summed E-state index contributed by atoms with van der Waals surface area (Å²) < 4.78 is 0. The van der Waals surface area contributed by atoms with Crippen molar-refractivity contribution in [3.05, 3.63) is 22.8 Å². The number of hydrogen-bond acceptors (Lipinski definition) is 3. The normalized spacial score (nSPS) is 15.1. The molecule has 0 spiro atoms. The highest BCUT2D eigenvalue weighted by Gasteiger charge is 2.27. The number of unbranched alkanes of at least 4 members (excludes halogenated alkanes) is 3. The number of nitrogens with zero attached hydrogens (tertiary/aromatic N) is 2. The lowest BCUT2D eigenvalue weighted by atomic mass is 9.75. The standard InChI is InChI=1S/C14H21N3O.C6H14/c1-9-11-7-14(3,4)6-5-12(11)17-13(16-9)8-15-10(2)18;1-3-5-6-4-2/h5-8H2,1-4H3,(H,15,18);3-6H2,1-2H3. The van der Waals surface area contributed by atoms with Gasteiger partial charge in [-0.2, -0.15) is 0 Å². The molecule has 4 nitrogen and oxygen atoms in total. The van der Waals surface area contributed by atoms with Crippen LogP contribution in [0, 0.1) is 12.3 Å². The summed E-state index contributed by atoms with van der Waals surface area (Å²) >= 11 is 0. The summed E-state index contributed by atoms with van der Waals surface area (Å²) in [6, 6.07) is 0. The van der Waals surface area contributed by atoms with E-state index in [9.17, 15) is 4.79 Å². The number of aromatic nitrogens is 2. The minimum Gasteiger partial charge on any atom is -0.349 e. The summed E-state index contributed by atoms with van der Waals surface area (Å²) in [6.45, 7) is 13.0. The predicted molar refractivity (Wildman–Crippen MR) is 99.9 cm³/mol. The van der Waals surface area contributed by atoms with Crippen LogP contribution in [0.25, 0.3) is 0 Å². The zero-order valence-corrected chi connectivity index (χ0v) is 16.5. The predicted octanol–water partition coefficient (Wildman–Crippen LogP) is 4.52. The van der Waals surface area contributed by atoms with Crippen molar-refractivity contribution in [1.82, 2.24) is 15.3 Å². The smallest absolute Gasteiger partial charge is 0.217 e. The number of aryl methyl sites for hydroxylation is 2. The Bertz CT molecular complexity index is 534. The molecular formula is C20H35N3O. The van der Waals surface area contributed by atoms with Gasteiger partial charge in [-0.1, -0.05) is 53.4 Å². The van der Waals surface area contributed by atoms with E-state index in [0.717, 1.165) is 30.8 Å². The first kappa shape index (κ1) is 20.6. The van der Waals surface area contributed by atoms with Gasteiger partial charge >= 0.3 is 0 Å². The van der Waals surface area contributed by atoms with Crippen LogP contribution < -0.4 is 5.32 Å². The minimum absolute atomic E-state index is 0.0462. The Morgan fingerprint density at radius 2 is 1.79 bits per heavy atom. The molecule has 0 saturated heterocycles. The number of fused-ring (bicyclic) bond motifs is 1. The molecule has 4 heteroatoms. The molecule has 1 aromatic heterocycles. The maximum Gasteiger partial charge on any atom is 0.217 e. The van der Waals surface area contributed by atoms with Gasteiger partial charge in [0.2, 0.25) is 5.91 Å². The molecule has 0 saturated carbocycles. The Morgan fingerprint density at radius 3 is 2.33 bits per heavy atom. The summed E-state index contributed by atoms with van der Waals surface area (Å²) in [5.41, 5.74) is 3.88. The Kier molecular flexibility index (Phi) is 8.37. The number of nitrogens with one attached hydrogen (secondary N) is 1. The van der Waals surface area contributed by atoms with Crippen LogP contribution in [0.4, 0.5) is 0 Å². The van der Waals surface area contributed by atoms with Crippen molar-refractivity contribution in [2.75, 3.05) is 0 Å². The van der Waals surface area contributed by atoms with Crippen LogP contribution >= 0.6 is 0 Å². The molecule has 136 valence electrons. The number of carbonyl (C=O) groups is 1. The second-order valence-electron chi connectivity index (χ2n) is 7.61. The Hall–Kier alpha value is -1.45. The molecule has 1 aromatic rings. The molecule has 0 aliphatic heterocycles. The van der Waals surface area contributed by atoms with Crippen LogP contribution in [0.5, 0.6) is 0 Å². The molecule has 0 bridgehead atoms. The van der Waals surface area contributed by atoms with Crippen LogP contribution in [0.15, 0.2) is 0 Å². The fraction of sp³-hybridized carbons (Fsp3) is 0.750. The van der Waals surface area contributed by atoms with Crippen molar-refractivity contribution in [3.63, 3.8) is 0 Å². The van der Waals surface area contributed by atoms with Gasteiger partial charge in [0.05, 0.1) is 6.54 Å². The van der Waals surface area contributed by atoms with Crippen molar-refractivity contribution in [2.24, 2.45) is 5.41 Å². The van der Waals surface area contributed by atoms with E-state index in [1.807, 2.05) is 6.92 Å². The average molecular weight is 334 g/mol. The lowest BCUT2D eigenvalue weighted by molar-refractivity contribution is -0.119. The monoisotopic (exact) mass is 333 g/mol. The summed E-state index contributed by atoms with van der Waals surface area (Å²) in [7, 11) is 0. The lowest BCUT2D eigenvalue weighted by Crippen LogP contribution is -2.26. The SMILES string of the molecule is CC(=O)NCc1nc(C)c2c(n1)CCC(C)(C)C2.CCCCCC. The molecule has 0 unspecified atom stereocenters. The largest absolute Gasteiger partial charge is 0.349 e. The van der Waals surface area contributed by atoms with Crippen molar-refractivity contribution >= 4 is 5.91 Å². The number of carbonyl (C=O) groups excluding carboxylic acids is 1. The summed E-state index contributed by atoms with van der Waals surface area (Å²) in [5, 5.41) is 2.75. The minimum atomic E-state index is -0.0462. The molecule has 1 amide bonds. The van der Waals surface area contributed by atoms with E-state index in [4.69, 9.17) is 0 Å². The molecule has 0 fully saturated rings. The lowest BCUT2D eigenvalue weighted by Gasteiger charge is -2.31. The van der Waals surface area contributed by atoms with E-state index in [-0.39, 0.29) is 5.91 Å². The number of amides is 1. The van der Waals surface area contributed by atoms with E-state index < -0.39 is 0 Å². The van der Waals surface area contributed by atoms with Crippen LogP contribution in [0.1, 0.15) is 89.5 Å². The molecule has 2 rings (SSSR count). The molecule has 1 N–H and O–H groups in total. The van der Waals surface area contributed by atoms with Crippen molar-refractivity contribution in [3.8, 4) is 0 Å². The Labute approximate surface area is 147 Å². The number of rotatable bonds is 5. The summed E-state index contributed by atoms with van der Waals surface area (Å²) in [6.07, 6.45) is 8.76. The van der Waals surface area contributed by atoms with Crippen molar-refractivity contribution in [1.29, 1.82) is 0 Å². The van der Waals surface area contributed by atoms with Gasteiger partial charge in [-0.25, -0.2) is 9.97 Å². The molecule has 0 radical (unpaired) electrons. The van der Waals surface area contributed by atoms with Crippen LogP contribution in [0.3, 0.4) is 0 Å². The van der Waals surface area contributed by atoms with E-state index in [2.05, 4.69) is 43.0 Å². The molecule has 0 aromatic carbocycles. The Morgan fingerprint density at radius 1 is 1.17 bits per heavy atom. The van der Waals surface area contributed by atoms with E-state index in [1.165, 1.54) is 43.9 Å². The van der Waals surface area contributed by atoms with Gasteiger partial charge in [-0.05, 0) is 37.2 Å². The molecule has 0 atom stereocenters. The van der Waals surface area contributed by atoms with Crippen LogP contribution in [-0.2, 0) is 24.2 Å². The van der Waals surface area contributed by atoms with Gasteiger partial charge in [-0.15, -0.1) is 0 Å². The topological polar surface area (TPSA) is 54.9 Å². The highest BCUT2D eigenvalue weighted by molar-refractivity contribution is 5.72. The third-order valence-corrected chi connectivity index (χ3v) is 4.49. The van der Waals surface area contributed by atoms with E-state index >= 15 is 0 Å². The molecule has 1 heterocycles. The average Bonchev–Trinajstić information content (AvgIpc) is 2.52. The van der Waals surface area contributed by atoms with E-state index in [1.54, 1.807) is 0 Å². The first-order valence-electron chi connectivity index (χ1n) is 9.38. The first-order valence-corrected chi connectivity index (χ1v) is 9.38.